The van der Waals surface area contributed by atoms with E-state index in [9.17, 15) is 13.2 Å². The zero-order valence-corrected chi connectivity index (χ0v) is 17.1. The van der Waals surface area contributed by atoms with Crippen LogP contribution in [0.1, 0.15) is 36.9 Å². The van der Waals surface area contributed by atoms with Crippen LogP contribution in [-0.4, -0.2) is 45.0 Å². The summed E-state index contributed by atoms with van der Waals surface area (Å²) >= 11 is 0. The maximum absolute atomic E-state index is 12.4. The van der Waals surface area contributed by atoms with Crippen LogP contribution in [0.15, 0.2) is 45.9 Å². The highest BCUT2D eigenvalue weighted by Gasteiger charge is 2.26. The molecule has 2 aromatic rings. The molecule has 27 heavy (non-hydrogen) atoms. The van der Waals surface area contributed by atoms with E-state index in [0.717, 1.165) is 11.3 Å². The lowest BCUT2D eigenvalue weighted by molar-refractivity contribution is 0.0736. The van der Waals surface area contributed by atoms with Crippen LogP contribution < -0.4 is 9.46 Å². The Morgan fingerprint density at radius 1 is 1.22 bits per heavy atom. The summed E-state index contributed by atoms with van der Waals surface area (Å²) in [6, 6.07) is 10.3. The summed E-state index contributed by atoms with van der Waals surface area (Å²) in [4.78, 5) is 13.8. The number of amides is 1. The summed E-state index contributed by atoms with van der Waals surface area (Å²) in [5.74, 6) is 0.276. The highest BCUT2D eigenvalue weighted by Crippen LogP contribution is 2.18. The highest BCUT2D eigenvalue weighted by molar-refractivity contribution is 7.89. The maximum atomic E-state index is 12.4. The van der Waals surface area contributed by atoms with Gasteiger partial charge in [0, 0.05) is 12.6 Å². The number of ether oxygens (including phenoxy) is 1. The second-order valence-electron chi connectivity index (χ2n) is 7.37. The van der Waals surface area contributed by atoms with E-state index in [1.165, 1.54) is 17.0 Å². The smallest absolute Gasteiger partial charge is 0.289 e. The number of likely N-dealkylation sites (N-methyl/N-ethyl adjacent to an activating group) is 1. The van der Waals surface area contributed by atoms with Crippen molar-refractivity contribution in [1.29, 1.82) is 0 Å². The molecule has 0 aliphatic rings. The number of aryl methyl sites for hydroxylation is 1. The van der Waals surface area contributed by atoms with Crippen molar-refractivity contribution in [3.63, 3.8) is 0 Å². The Balaban J connectivity index is 1.96. The van der Waals surface area contributed by atoms with Crippen molar-refractivity contribution >= 4 is 15.9 Å². The molecule has 0 saturated heterocycles. The van der Waals surface area contributed by atoms with Gasteiger partial charge in [0.25, 0.3) is 15.9 Å². The molecule has 0 aliphatic heterocycles. The molecule has 8 heteroatoms. The van der Waals surface area contributed by atoms with Gasteiger partial charge < -0.3 is 14.1 Å². The molecular weight excluding hydrogens is 368 g/mol. The largest absolute Gasteiger partial charge is 0.492 e. The lowest BCUT2D eigenvalue weighted by Crippen LogP contribution is -2.40. The van der Waals surface area contributed by atoms with Crippen LogP contribution in [0, 0.1) is 6.92 Å². The van der Waals surface area contributed by atoms with Crippen molar-refractivity contribution in [2.45, 2.75) is 38.3 Å². The molecule has 148 valence electrons. The average molecular weight is 394 g/mol. The predicted molar refractivity (Wildman–Crippen MR) is 102 cm³/mol. The fourth-order valence-electron chi connectivity index (χ4n) is 2.33. The maximum Gasteiger partial charge on any atom is 0.289 e. The first-order valence-electron chi connectivity index (χ1n) is 8.57. The third-order valence-electron chi connectivity index (χ3n) is 3.53. The lowest BCUT2D eigenvalue weighted by Gasteiger charge is -2.19. The van der Waals surface area contributed by atoms with Gasteiger partial charge in [-0.2, -0.15) is 0 Å². The van der Waals surface area contributed by atoms with E-state index < -0.39 is 21.5 Å². The fraction of sp³-hybridized carbons (Fsp3) is 0.421. The van der Waals surface area contributed by atoms with Crippen LogP contribution in [0.4, 0.5) is 0 Å². The molecule has 1 amide bonds. The van der Waals surface area contributed by atoms with Crippen LogP contribution in [0.3, 0.4) is 0 Å². The van der Waals surface area contributed by atoms with E-state index in [1.807, 2.05) is 31.2 Å². The summed E-state index contributed by atoms with van der Waals surface area (Å²) in [6.45, 7) is 7.78. The minimum absolute atomic E-state index is 0.0395. The average Bonchev–Trinajstić information content (AvgIpc) is 3.02. The van der Waals surface area contributed by atoms with E-state index in [2.05, 4.69) is 4.72 Å². The summed E-state index contributed by atoms with van der Waals surface area (Å²) < 4.78 is 37.9. The van der Waals surface area contributed by atoms with Crippen molar-refractivity contribution in [3.8, 4) is 5.75 Å². The monoisotopic (exact) mass is 394 g/mol. The number of hydrogen-bond donors (Lipinski definition) is 1. The zero-order valence-electron chi connectivity index (χ0n) is 16.3. The first-order valence-corrected chi connectivity index (χ1v) is 10.0. The number of furan rings is 1. The molecule has 0 spiro atoms. The Kier molecular flexibility index (Phi) is 6.33. The summed E-state index contributed by atoms with van der Waals surface area (Å²) in [5, 5.41) is -0.287. The molecule has 0 unspecified atom stereocenters. The molecule has 0 aliphatic carbocycles. The molecule has 0 saturated carbocycles. The van der Waals surface area contributed by atoms with Crippen LogP contribution in [0.2, 0.25) is 0 Å². The minimum atomic E-state index is -3.83. The van der Waals surface area contributed by atoms with Gasteiger partial charge in [0.15, 0.2) is 5.76 Å². The number of benzene rings is 1. The van der Waals surface area contributed by atoms with Crippen molar-refractivity contribution in [1.82, 2.24) is 9.62 Å². The fourth-order valence-corrected chi connectivity index (χ4v) is 3.68. The molecule has 7 nitrogen and oxygen atoms in total. The van der Waals surface area contributed by atoms with Gasteiger partial charge in [-0.05, 0) is 57.5 Å². The summed E-state index contributed by atoms with van der Waals surface area (Å²) in [7, 11) is -2.22. The van der Waals surface area contributed by atoms with E-state index in [0.29, 0.717) is 13.2 Å². The Hall–Kier alpha value is -2.32. The topological polar surface area (TPSA) is 88.8 Å². The van der Waals surface area contributed by atoms with Gasteiger partial charge in [0.2, 0.25) is 5.09 Å². The molecule has 1 aromatic heterocycles. The van der Waals surface area contributed by atoms with E-state index in [1.54, 1.807) is 27.8 Å². The molecule has 0 fully saturated rings. The normalized spacial score (nSPS) is 12.0. The number of hydrogen-bond acceptors (Lipinski definition) is 5. The minimum Gasteiger partial charge on any atom is -0.492 e. The van der Waals surface area contributed by atoms with Crippen LogP contribution in [0.5, 0.6) is 5.75 Å². The quantitative estimate of drug-likeness (QED) is 0.780. The first-order chi connectivity index (χ1) is 12.5. The third-order valence-corrected chi connectivity index (χ3v) is 5.16. The zero-order chi connectivity index (χ0) is 20.2. The van der Waals surface area contributed by atoms with Gasteiger partial charge in [-0.15, -0.1) is 0 Å². The highest BCUT2D eigenvalue weighted by atomic mass is 32.2. The Morgan fingerprint density at radius 2 is 1.93 bits per heavy atom. The van der Waals surface area contributed by atoms with Crippen LogP contribution in [-0.2, 0) is 10.0 Å². The molecule has 1 N–H and O–H groups in total. The molecule has 0 radical (unpaired) electrons. The standard InChI is InChI=1S/C19H26N2O5S/c1-14-7-6-8-15(13-14)25-12-11-21(5)18(22)16-9-10-17(26-16)27(23,24)20-19(2,3)4/h6-10,13,20H,11-12H2,1-5H3. The summed E-state index contributed by atoms with van der Waals surface area (Å²) in [6.07, 6.45) is 0. The molecule has 2 rings (SSSR count). The van der Waals surface area contributed by atoms with E-state index in [4.69, 9.17) is 9.15 Å². The second-order valence-corrected chi connectivity index (χ2v) is 8.98. The van der Waals surface area contributed by atoms with Gasteiger partial charge in [0.1, 0.15) is 12.4 Å². The number of carbonyl (C=O) groups excluding carboxylic acids is 1. The van der Waals surface area contributed by atoms with Crippen molar-refractivity contribution in [3.05, 3.63) is 47.7 Å². The van der Waals surface area contributed by atoms with Gasteiger partial charge in [-0.3, -0.25) is 4.79 Å². The Bertz CT molecular complexity index is 897. The Morgan fingerprint density at radius 3 is 2.56 bits per heavy atom. The number of sulfonamides is 1. The van der Waals surface area contributed by atoms with Crippen molar-refractivity contribution in [2.24, 2.45) is 0 Å². The van der Waals surface area contributed by atoms with E-state index in [-0.39, 0.29) is 10.9 Å². The number of nitrogens with one attached hydrogen (secondary N) is 1. The van der Waals surface area contributed by atoms with Crippen LogP contribution in [0.25, 0.3) is 0 Å². The summed E-state index contributed by atoms with van der Waals surface area (Å²) in [5.41, 5.74) is 0.435. The molecule has 1 aromatic carbocycles. The molecule has 1 heterocycles. The van der Waals surface area contributed by atoms with Gasteiger partial charge in [-0.1, -0.05) is 12.1 Å². The van der Waals surface area contributed by atoms with Crippen molar-refractivity contribution in [2.75, 3.05) is 20.2 Å². The number of rotatable bonds is 7. The predicted octanol–water partition coefficient (Wildman–Crippen LogP) is 2.82. The SMILES string of the molecule is Cc1cccc(OCCN(C)C(=O)c2ccc(S(=O)(=O)NC(C)(C)C)o2)c1. The lowest BCUT2D eigenvalue weighted by atomic mass is 10.1. The number of nitrogens with zero attached hydrogens (tertiary/aromatic N) is 1. The molecular formula is C19H26N2O5S. The first kappa shape index (κ1) is 21.0. The Labute approximate surface area is 160 Å². The van der Waals surface area contributed by atoms with Gasteiger partial charge in [0.05, 0.1) is 6.54 Å². The second kappa shape index (κ2) is 8.14. The van der Waals surface area contributed by atoms with Gasteiger partial charge >= 0.3 is 0 Å². The van der Waals surface area contributed by atoms with Crippen LogP contribution >= 0.6 is 0 Å². The molecule has 0 bridgehead atoms. The third kappa shape index (κ3) is 6.11. The van der Waals surface area contributed by atoms with Gasteiger partial charge in [-0.25, -0.2) is 13.1 Å². The number of carbonyl (C=O) groups is 1. The van der Waals surface area contributed by atoms with E-state index >= 15 is 0 Å². The van der Waals surface area contributed by atoms with Crippen molar-refractivity contribution < 1.29 is 22.4 Å². The molecule has 0 atom stereocenters.